The van der Waals surface area contributed by atoms with Crippen LogP contribution in [0.5, 0.6) is 0 Å². The average Bonchev–Trinajstić information content (AvgIpc) is 2.80. The topological polar surface area (TPSA) is 76.9 Å². The molecule has 1 atom stereocenters. The molecule has 9 heteroatoms. The molecule has 168 valence electrons. The van der Waals surface area contributed by atoms with Crippen molar-refractivity contribution in [2.45, 2.75) is 26.9 Å². The van der Waals surface area contributed by atoms with Crippen molar-refractivity contribution < 1.29 is 9.13 Å². The maximum absolute atomic E-state index is 14.9. The van der Waals surface area contributed by atoms with E-state index in [1.165, 1.54) is 6.07 Å². The molecule has 0 bridgehead atoms. The van der Waals surface area contributed by atoms with Crippen molar-refractivity contribution in [2.24, 2.45) is 0 Å². The van der Waals surface area contributed by atoms with Crippen molar-refractivity contribution in [3.05, 3.63) is 69.9 Å². The Bertz CT molecular complexity index is 1360. The van der Waals surface area contributed by atoms with Crippen LogP contribution in [-0.4, -0.2) is 44.8 Å². The van der Waals surface area contributed by atoms with E-state index in [4.69, 9.17) is 26.3 Å². The number of rotatable bonds is 3. The summed E-state index contributed by atoms with van der Waals surface area (Å²) < 4.78 is 20.9. The zero-order chi connectivity index (χ0) is 23.1. The number of hydrogen-bond donors (Lipinski definition) is 0. The molecule has 33 heavy (non-hydrogen) atoms. The molecule has 1 fully saturated rings. The molecule has 0 radical (unpaired) electrons. The van der Waals surface area contributed by atoms with Gasteiger partial charge >= 0.3 is 0 Å². The molecule has 4 aromatic rings. The van der Waals surface area contributed by atoms with Crippen LogP contribution in [0, 0.1) is 26.6 Å². The Hall–Kier alpha value is -3.23. The van der Waals surface area contributed by atoms with E-state index in [0.29, 0.717) is 53.0 Å². The number of aryl methyl sites for hydroxylation is 3. The number of ether oxygens (including phenoxy) is 1. The van der Waals surface area contributed by atoms with E-state index in [2.05, 4.69) is 15.2 Å². The Labute approximate surface area is 195 Å². The zero-order valence-electron chi connectivity index (χ0n) is 18.5. The highest BCUT2D eigenvalue weighted by molar-refractivity contribution is 6.30. The van der Waals surface area contributed by atoms with Gasteiger partial charge in [0, 0.05) is 33.8 Å². The van der Waals surface area contributed by atoms with Gasteiger partial charge in [-0.3, -0.25) is 0 Å². The number of pyridine rings is 1. The van der Waals surface area contributed by atoms with E-state index in [9.17, 15) is 4.39 Å². The Morgan fingerprint density at radius 2 is 1.94 bits per heavy atom. The number of aromatic nitrogens is 5. The third kappa shape index (κ3) is 4.24. The van der Waals surface area contributed by atoms with Crippen molar-refractivity contribution in [1.29, 1.82) is 0 Å². The molecule has 3 aromatic heterocycles. The molecule has 0 N–H and O–H groups in total. The van der Waals surface area contributed by atoms with Gasteiger partial charge in [0.25, 0.3) is 0 Å². The standard InChI is InChI=1S/C24H22ClFN6O/c1-13-8-19-22(18-5-4-17(25)10-20(18)26)29-24(30-23(19)28-15(13)3)32-6-7-33-21(12-32)16-9-14(2)31-27-11-16/h4-5,8-11,21H,6-7,12H2,1-3H3/t21-/m1/s1. The largest absolute Gasteiger partial charge is 0.370 e. The first-order chi connectivity index (χ1) is 15.9. The average molecular weight is 465 g/mol. The van der Waals surface area contributed by atoms with Gasteiger partial charge in [0.15, 0.2) is 5.65 Å². The minimum atomic E-state index is -0.440. The minimum absolute atomic E-state index is 0.198. The molecular weight excluding hydrogens is 443 g/mol. The summed E-state index contributed by atoms with van der Waals surface area (Å²) in [5.74, 6) is 0.0412. The van der Waals surface area contributed by atoms with Crippen LogP contribution < -0.4 is 4.90 Å². The maximum atomic E-state index is 14.9. The second-order valence-electron chi connectivity index (χ2n) is 8.19. The highest BCUT2D eigenvalue weighted by Crippen LogP contribution is 2.33. The SMILES string of the molecule is Cc1cc([C@H]2CN(c3nc(-c4ccc(Cl)cc4F)c4cc(C)c(C)nc4n3)CCO2)cnn1. The molecule has 0 unspecified atom stereocenters. The van der Waals surface area contributed by atoms with Crippen molar-refractivity contribution >= 4 is 28.6 Å². The lowest BCUT2D eigenvalue weighted by atomic mass is 10.1. The second-order valence-corrected chi connectivity index (χ2v) is 8.63. The first kappa shape index (κ1) is 21.6. The normalized spacial score (nSPS) is 16.4. The smallest absolute Gasteiger partial charge is 0.228 e. The first-order valence-corrected chi connectivity index (χ1v) is 11.0. The number of anilines is 1. The number of morpholine rings is 1. The Morgan fingerprint density at radius 3 is 2.73 bits per heavy atom. The zero-order valence-corrected chi connectivity index (χ0v) is 19.3. The summed E-state index contributed by atoms with van der Waals surface area (Å²) >= 11 is 5.99. The molecule has 5 rings (SSSR count). The third-order valence-electron chi connectivity index (χ3n) is 5.82. The summed E-state index contributed by atoms with van der Waals surface area (Å²) in [6.45, 7) is 7.43. The summed E-state index contributed by atoms with van der Waals surface area (Å²) in [6.07, 6.45) is 1.51. The Kier molecular flexibility index (Phi) is 5.64. The van der Waals surface area contributed by atoms with E-state index in [1.54, 1.807) is 18.3 Å². The lowest BCUT2D eigenvalue weighted by molar-refractivity contribution is 0.0389. The monoisotopic (exact) mass is 464 g/mol. The molecule has 4 heterocycles. The van der Waals surface area contributed by atoms with Crippen LogP contribution in [0.1, 0.15) is 28.6 Å². The molecule has 1 aromatic carbocycles. The fourth-order valence-corrected chi connectivity index (χ4v) is 4.12. The Balaban J connectivity index is 1.62. The van der Waals surface area contributed by atoms with Crippen molar-refractivity contribution in [1.82, 2.24) is 25.1 Å². The molecule has 0 aliphatic carbocycles. The highest BCUT2D eigenvalue weighted by atomic mass is 35.5. The van der Waals surface area contributed by atoms with Gasteiger partial charge in [-0.2, -0.15) is 15.2 Å². The van der Waals surface area contributed by atoms with E-state index in [0.717, 1.165) is 22.5 Å². The quantitative estimate of drug-likeness (QED) is 0.432. The van der Waals surface area contributed by atoms with Gasteiger partial charge < -0.3 is 9.64 Å². The fourth-order valence-electron chi connectivity index (χ4n) is 3.96. The molecule has 0 amide bonds. The molecule has 1 aliphatic heterocycles. The predicted molar refractivity (Wildman–Crippen MR) is 125 cm³/mol. The number of hydrogen-bond acceptors (Lipinski definition) is 7. The van der Waals surface area contributed by atoms with Crippen LogP contribution in [0.2, 0.25) is 5.02 Å². The highest BCUT2D eigenvalue weighted by Gasteiger charge is 2.26. The van der Waals surface area contributed by atoms with E-state index in [1.807, 2.05) is 37.8 Å². The maximum Gasteiger partial charge on any atom is 0.228 e. The van der Waals surface area contributed by atoms with E-state index in [-0.39, 0.29) is 6.10 Å². The lowest BCUT2D eigenvalue weighted by Gasteiger charge is -2.33. The number of benzene rings is 1. The summed E-state index contributed by atoms with van der Waals surface area (Å²) in [7, 11) is 0. The second kappa shape index (κ2) is 8.61. The van der Waals surface area contributed by atoms with Crippen LogP contribution in [0.4, 0.5) is 10.3 Å². The van der Waals surface area contributed by atoms with Gasteiger partial charge in [-0.1, -0.05) is 11.6 Å². The fraction of sp³-hybridized carbons (Fsp3) is 0.292. The summed E-state index contributed by atoms with van der Waals surface area (Å²) in [4.78, 5) is 16.3. The van der Waals surface area contributed by atoms with Crippen molar-refractivity contribution in [3.8, 4) is 11.3 Å². The molecule has 1 aliphatic rings. The number of fused-ring (bicyclic) bond motifs is 1. The van der Waals surface area contributed by atoms with Gasteiger partial charge in [-0.25, -0.2) is 14.4 Å². The lowest BCUT2D eigenvalue weighted by Crippen LogP contribution is -2.39. The number of nitrogens with zero attached hydrogens (tertiary/aromatic N) is 6. The van der Waals surface area contributed by atoms with Gasteiger partial charge in [-0.15, -0.1) is 0 Å². The Morgan fingerprint density at radius 1 is 1.09 bits per heavy atom. The van der Waals surface area contributed by atoms with Crippen molar-refractivity contribution in [2.75, 3.05) is 24.6 Å². The summed E-state index contributed by atoms with van der Waals surface area (Å²) in [5, 5.41) is 9.10. The van der Waals surface area contributed by atoms with Gasteiger partial charge in [0.1, 0.15) is 11.9 Å². The minimum Gasteiger partial charge on any atom is -0.370 e. The first-order valence-electron chi connectivity index (χ1n) is 10.7. The van der Waals surface area contributed by atoms with Crippen molar-refractivity contribution in [3.63, 3.8) is 0 Å². The molecule has 7 nitrogen and oxygen atoms in total. The third-order valence-corrected chi connectivity index (χ3v) is 6.06. The van der Waals surface area contributed by atoms with Gasteiger partial charge in [0.2, 0.25) is 5.95 Å². The van der Waals surface area contributed by atoms with E-state index >= 15 is 0 Å². The number of halogens is 2. The van der Waals surface area contributed by atoms with E-state index < -0.39 is 5.82 Å². The van der Waals surface area contributed by atoms with Gasteiger partial charge in [0.05, 0.1) is 30.7 Å². The molecule has 0 spiro atoms. The van der Waals surface area contributed by atoms with Gasteiger partial charge in [-0.05, 0) is 56.7 Å². The van der Waals surface area contributed by atoms with Crippen LogP contribution in [0.15, 0.2) is 36.5 Å². The molecule has 0 saturated carbocycles. The van der Waals surface area contributed by atoms with Crippen LogP contribution >= 0.6 is 11.6 Å². The van der Waals surface area contributed by atoms with Crippen LogP contribution in [0.3, 0.4) is 0 Å². The summed E-state index contributed by atoms with van der Waals surface area (Å²) in [5.41, 5.74) is 5.00. The molecule has 1 saturated heterocycles. The molecular formula is C24H22ClFN6O. The van der Waals surface area contributed by atoms with Crippen LogP contribution in [-0.2, 0) is 4.74 Å². The summed E-state index contributed by atoms with van der Waals surface area (Å²) in [6, 6.07) is 8.52. The van der Waals surface area contributed by atoms with Crippen LogP contribution in [0.25, 0.3) is 22.3 Å². The predicted octanol–water partition coefficient (Wildman–Crippen LogP) is 4.78.